The second-order valence-corrected chi connectivity index (χ2v) is 2.89. The van der Waals surface area contributed by atoms with E-state index in [1.54, 1.807) is 12.0 Å². The van der Waals surface area contributed by atoms with Gasteiger partial charge < -0.3 is 9.57 Å². The van der Waals surface area contributed by atoms with E-state index in [4.69, 9.17) is 9.57 Å². The van der Waals surface area contributed by atoms with E-state index >= 15 is 0 Å². The molecule has 0 aromatic carbocycles. The number of ether oxygens (including phenoxy) is 1. The van der Waals surface area contributed by atoms with Crippen LogP contribution < -0.4 is 0 Å². The molecule has 1 atom stereocenters. The highest BCUT2D eigenvalue weighted by Gasteiger charge is 2.19. The van der Waals surface area contributed by atoms with Gasteiger partial charge in [-0.2, -0.15) is 0 Å². The monoisotopic (exact) mass is 173 g/mol. The summed E-state index contributed by atoms with van der Waals surface area (Å²) in [6.07, 6.45) is 0.578. The molecule has 0 aromatic heterocycles. The van der Waals surface area contributed by atoms with E-state index in [-0.39, 0.29) is 12.1 Å². The van der Waals surface area contributed by atoms with Crippen LogP contribution in [0.25, 0.3) is 0 Å². The van der Waals surface area contributed by atoms with Gasteiger partial charge in [0.15, 0.2) is 0 Å². The number of hydroxylamine groups is 2. The Morgan fingerprint density at radius 3 is 3.08 bits per heavy atom. The number of hydrogen-bond acceptors (Lipinski definition) is 4. The number of morpholine rings is 1. The van der Waals surface area contributed by atoms with Crippen molar-refractivity contribution in [3.05, 3.63) is 0 Å². The topological polar surface area (TPSA) is 38.8 Å². The molecule has 1 saturated heterocycles. The fourth-order valence-electron chi connectivity index (χ4n) is 1.08. The molecule has 0 amide bonds. The normalized spacial score (nSPS) is 25.3. The Bertz CT molecular complexity index is 160. The van der Waals surface area contributed by atoms with Gasteiger partial charge in [0.1, 0.15) is 0 Å². The summed E-state index contributed by atoms with van der Waals surface area (Å²) in [7, 11) is 0. The first-order chi connectivity index (χ1) is 5.72. The Balaban J connectivity index is 2.27. The molecule has 0 bridgehead atoms. The van der Waals surface area contributed by atoms with Crippen LogP contribution in [0, 0.1) is 0 Å². The Hall–Kier alpha value is -0.610. The zero-order valence-corrected chi connectivity index (χ0v) is 7.58. The molecule has 70 valence electrons. The first-order valence-electron chi connectivity index (χ1n) is 4.29. The van der Waals surface area contributed by atoms with Gasteiger partial charge in [-0.1, -0.05) is 6.92 Å². The highest BCUT2D eigenvalue weighted by atomic mass is 16.7. The summed E-state index contributed by atoms with van der Waals surface area (Å²) in [6, 6.07) is 0. The molecule has 1 unspecified atom stereocenters. The predicted molar refractivity (Wildman–Crippen MR) is 43.4 cm³/mol. The number of rotatable bonds is 2. The molecule has 1 aliphatic heterocycles. The van der Waals surface area contributed by atoms with Crippen LogP contribution in [0.4, 0.5) is 0 Å². The van der Waals surface area contributed by atoms with E-state index in [2.05, 4.69) is 0 Å². The lowest BCUT2D eigenvalue weighted by Gasteiger charge is -2.29. The van der Waals surface area contributed by atoms with Crippen molar-refractivity contribution in [2.45, 2.75) is 26.4 Å². The zero-order valence-electron chi connectivity index (χ0n) is 7.58. The molecule has 12 heavy (non-hydrogen) atoms. The third kappa shape index (κ3) is 2.79. The first-order valence-corrected chi connectivity index (χ1v) is 4.29. The second kappa shape index (κ2) is 4.42. The molecule has 0 radical (unpaired) electrons. The smallest absolute Gasteiger partial charge is 0.324 e. The van der Waals surface area contributed by atoms with E-state index in [9.17, 15) is 4.79 Å². The van der Waals surface area contributed by atoms with Crippen LogP contribution in [0.15, 0.2) is 0 Å². The minimum Gasteiger partial charge on any atom is -0.376 e. The van der Waals surface area contributed by atoms with Crippen molar-refractivity contribution in [2.75, 3.05) is 19.7 Å². The van der Waals surface area contributed by atoms with Crippen molar-refractivity contribution in [2.24, 2.45) is 0 Å². The zero-order chi connectivity index (χ0) is 8.97. The van der Waals surface area contributed by atoms with E-state index in [0.717, 1.165) is 0 Å². The second-order valence-electron chi connectivity index (χ2n) is 2.89. The molecule has 1 heterocycles. The lowest BCUT2D eigenvalue weighted by molar-refractivity contribution is -0.213. The molecule has 1 aliphatic rings. The predicted octanol–water partition coefficient (Wildman–Crippen LogP) is 0.575. The Morgan fingerprint density at radius 1 is 1.75 bits per heavy atom. The molecule has 0 N–H and O–H groups in total. The summed E-state index contributed by atoms with van der Waals surface area (Å²) < 4.78 is 5.29. The van der Waals surface area contributed by atoms with Gasteiger partial charge >= 0.3 is 5.97 Å². The van der Waals surface area contributed by atoms with Crippen LogP contribution in [0.2, 0.25) is 0 Å². The average molecular weight is 173 g/mol. The van der Waals surface area contributed by atoms with Gasteiger partial charge in [0.25, 0.3) is 0 Å². The van der Waals surface area contributed by atoms with E-state index in [0.29, 0.717) is 26.1 Å². The SMILES string of the molecule is CCC(=O)ON1CCOC(C)C1. The molecule has 0 saturated carbocycles. The molecule has 0 spiro atoms. The molecular formula is C8H15NO3. The Kier molecular flexibility index (Phi) is 3.49. The van der Waals surface area contributed by atoms with Crippen LogP contribution in [-0.4, -0.2) is 36.8 Å². The third-order valence-electron chi connectivity index (χ3n) is 1.72. The van der Waals surface area contributed by atoms with Crippen molar-refractivity contribution >= 4 is 5.97 Å². The number of nitrogens with zero attached hydrogens (tertiary/aromatic N) is 1. The van der Waals surface area contributed by atoms with Crippen molar-refractivity contribution in [3.63, 3.8) is 0 Å². The lowest BCUT2D eigenvalue weighted by atomic mass is 10.3. The molecule has 4 heteroatoms. The van der Waals surface area contributed by atoms with Crippen molar-refractivity contribution in [1.82, 2.24) is 5.06 Å². The van der Waals surface area contributed by atoms with Gasteiger partial charge in [-0.15, -0.1) is 5.06 Å². The molecular weight excluding hydrogens is 158 g/mol. The van der Waals surface area contributed by atoms with Gasteiger partial charge in [0, 0.05) is 6.42 Å². The molecule has 1 fully saturated rings. The standard InChI is InChI=1S/C8H15NO3/c1-3-8(10)12-9-4-5-11-7(2)6-9/h7H,3-6H2,1-2H3. The maximum Gasteiger partial charge on any atom is 0.324 e. The minimum atomic E-state index is -0.177. The van der Waals surface area contributed by atoms with Crippen molar-refractivity contribution < 1.29 is 14.4 Å². The van der Waals surface area contributed by atoms with Gasteiger partial charge in [-0.25, -0.2) is 0 Å². The summed E-state index contributed by atoms with van der Waals surface area (Å²) in [6.45, 7) is 5.73. The van der Waals surface area contributed by atoms with Gasteiger partial charge in [0.2, 0.25) is 0 Å². The van der Waals surface area contributed by atoms with E-state index < -0.39 is 0 Å². The van der Waals surface area contributed by atoms with Gasteiger partial charge in [-0.05, 0) is 6.92 Å². The van der Waals surface area contributed by atoms with Crippen molar-refractivity contribution in [3.8, 4) is 0 Å². The van der Waals surface area contributed by atoms with Crippen LogP contribution >= 0.6 is 0 Å². The fourth-order valence-corrected chi connectivity index (χ4v) is 1.08. The van der Waals surface area contributed by atoms with Crippen molar-refractivity contribution in [1.29, 1.82) is 0 Å². The van der Waals surface area contributed by atoms with Crippen LogP contribution in [0.3, 0.4) is 0 Å². The summed E-state index contributed by atoms with van der Waals surface area (Å²) in [5.41, 5.74) is 0. The van der Waals surface area contributed by atoms with E-state index in [1.807, 2.05) is 6.92 Å². The first kappa shape index (κ1) is 9.48. The lowest BCUT2D eigenvalue weighted by Crippen LogP contribution is -2.42. The highest BCUT2D eigenvalue weighted by molar-refractivity contribution is 5.68. The van der Waals surface area contributed by atoms with Crippen LogP contribution in [0.1, 0.15) is 20.3 Å². The quantitative estimate of drug-likeness (QED) is 0.612. The average Bonchev–Trinajstić information content (AvgIpc) is 2.04. The summed E-state index contributed by atoms with van der Waals surface area (Å²) in [5, 5.41) is 1.67. The van der Waals surface area contributed by atoms with Crippen LogP contribution in [-0.2, 0) is 14.4 Å². The maximum atomic E-state index is 10.9. The number of carbonyl (C=O) groups excluding carboxylic acids is 1. The maximum absolute atomic E-state index is 10.9. The van der Waals surface area contributed by atoms with Crippen LogP contribution in [0.5, 0.6) is 0 Å². The molecule has 0 aromatic rings. The molecule has 1 rings (SSSR count). The number of carbonyl (C=O) groups is 1. The highest BCUT2D eigenvalue weighted by Crippen LogP contribution is 2.05. The Labute approximate surface area is 72.4 Å². The molecule has 4 nitrogen and oxygen atoms in total. The Morgan fingerprint density at radius 2 is 2.50 bits per heavy atom. The molecule has 0 aliphatic carbocycles. The van der Waals surface area contributed by atoms with E-state index in [1.165, 1.54) is 0 Å². The minimum absolute atomic E-state index is 0.156. The van der Waals surface area contributed by atoms with Gasteiger partial charge in [0.05, 0.1) is 25.8 Å². The summed E-state index contributed by atoms with van der Waals surface area (Å²) in [4.78, 5) is 15.9. The summed E-state index contributed by atoms with van der Waals surface area (Å²) >= 11 is 0. The fraction of sp³-hybridized carbons (Fsp3) is 0.875. The number of hydrogen-bond donors (Lipinski definition) is 0. The largest absolute Gasteiger partial charge is 0.376 e. The summed E-state index contributed by atoms with van der Waals surface area (Å²) in [5.74, 6) is -0.177. The van der Waals surface area contributed by atoms with Gasteiger partial charge in [-0.3, -0.25) is 4.79 Å². The third-order valence-corrected chi connectivity index (χ3v) is 1.72.